The van der Waals surface area contributed by atoms with E-state index in [2.05, 4.69) is 12.1 Å². The van der Waals surface area contributed by atoms with Crippen molar-refractivity contribution in [3.8, 4) is 0 Å². The van der Waals surface area contributed by atoms with E-state index in [9.17, 15) is 28.0 Å². The molecule has 0 atom stereocenters. The summed E-state index contributed by atoms with van der Waals surface area (Å²) in [5, 5.41) is 0.912. The minimum absolute atomic E-state index is 0. The number of ketones is 2. The molecule has 0 heterocycles. The van der Waals surface area contributed by atoms with Crippen LogP contribution in [-0.4, -0.2) is 36.7 Å². The smallest absolute Gasteiger partial charge is 0.506 e. The molecule has 0 spiro atoms. The van der Waals surface area contributed by atoms with E-state index in [0.717, 1.165) is 12.1 Å². The molecule has 43 heavy (non-hydrogen) atoms. The van der Waals surface area contributed by atoms with Crippen molar-refractivity contribution in [2.24, 2.45) is 0 Å². The molecular weight excluding hydrogens is 644 g/mol. The molecule has 4 aromatic carbocycles. The largest absolute Gasteiger partial charge is 2.00 e. The Bertz CT molecular complexity index is 1490. The van der Waals surface area contributed by atoms with Crippen LogP contribution in [0.4, 0.5) is 8.78 Å². The van der Waals surface area contributed by atoms with Crippen LogP contribution in [0.5, 0.6) is 0 Å². The Balaban J connectivity index is 0.000000293. The van der Waals surface area contributed by atoms with E-state index in [-0.39, 0.29) is 63.7 Å². The first-order valence-corrected chi connectivity index (χ1v) is 13.2. The van der Waals surface area contributed by atoms with Crippen molar-refractivity contribution < 1.29 is 54.5 Å². The average Bonchev–Trinajstić information content (AvgIpc) is 2.97. The van der Waals surface area contributed by atoms with Crippen LogP contribution >= 0.6 is 23.2 Å². The molecule has 4 aromatic rings. The van der Waals surface area contributed by atoms with Gasteiger partial charge in [-0.15, -0.1) is 36.4 Å². The summed E-state index contributed by atoms with van der Waals surface area (Å²) in [4.78, 5) is 48.4. The molecule has 0 aromatic heterocycles. The predicted octanol–water partition coefficient (Wildman–Crippen LogP) is 7.37. The summed E-state index contributed by atoms with van der Waals surface area (Å²) in [6, 6.07) is 21.7. The average molecular weight is 666 g/mol. The SMILES string of the molecule is CCOC(=O)c1[c-]ccc(F)c1C(=O)c1ccc(Cl)cc1.CCOC(=O)c1[c-]ccc(F)c1C(=O)c1ccc(Cl)cc1.[Mn+2]. The zero-order valence-electron chi connectivity index (χ0n) is 22.7. The van der Waals surface area contributed by atoms with Gasteiger partial charge in [-0.1, -0.05) is 58.6 Å². The predicted molar refractivity (Wildman–Crippen MR) is 152 cm³/mol. The molecule has 0 aliphatic carbocycles. The summed E-state index contributed by atoms with van der Waals surface area (Å²) >= 11 is 11.5. The molecule has 0 saturated carbocycles. The summed E-state index contributed by atoms with van der Waals surface area (Å²) in [7, 11) is 0. The number of ether oxygens (including phenoxy) is 2. The Kier molecular flexibility index (Phi) is 13.7. The molecule has 6 nitrogen and oxygen atoms in total. The van der Waals surface area contributed by atoms with Gasteiger partial charge in [0.15, 0.2) is 11.6 Å². The second kappa shape index (κ2) is 16.7. The topological polar surface area (TPSA) is 86.7 Å². The summed E-state index contributed by atoms with van der Waals surface area (Å²) < 4.78 is 37.6. The van der Waals surface area contributed by atoms with Gasteiger partial charge in [-0.25, -0.2) is 8.78 Å². The molecule has 1 radical (unpaired) electrons. The van der Waals surface area contributed by atoms with E-state index in [0.29, 0.717) is 10.0 Å². The Morgan fingerprint density at radius 2 is 0.953 bits per heavy atom. The number of carbonyl (C=O) groups excluding carboxylic acids is 4. The molecular formula is C32H22Cl2F2MnO6. The van der Waals surface area contributed by atoms with E-state index < -0.39 is 35.1 Å². The third-order valence-electron chi connectivity index (χ3n) is 5.52. The Hall–Kier alpha value is -3.88. The van der Waals surface area contributed by atoms with Crippen molar-refractivity contribution in [3.63, 3.8) is 0 Å². The van der Waals surface area contributed by atoms with Gasteiger partial charge in [-0.2, -0.15) is 0 Å². The van der Waals surface area contributed by atoms with Gasteiger partial charge in [0.2, 0.25) is 0 Å². The third-order valence-corrected chi connectivity index (χ3v) is 6.02. The zero-order valence-corrected chi connectivity index (χ0v) is 25.4. The first-order valence-electron chi connectivity index (χ1n) is 12.4. The van der Waals surface area contributed by atoms with Crippen molar-refractivity contribution in [2.75, 3.05) is 13.2 Å². The Morgan fingerprint density at radius 3 is 1.26 bits per heavy atom. The molecule has 0 bridgehead atoms. The van der Waals surface area contributed by atoms with Crippen molar-refractivity contribution in [1.29, 1.82) is 0 Å². The van der Waals surface area contributed by atoms with Gasteiger partial charge >= 0.3 is 17.1 Å². The van der Waals surface area contributed by atoms with E-state index in [1.807, 2.05) is 0 Å². The summed E-state index contributed by atoms with van der Waals surface area (Å²) in [5.41, 5.74) is -0.669. The quantitative estimate of drug-likeness (QED) is 0.0845. The van der Waals surface area contributed by atoms with Gasteiger partial charge in [0.1, 0.15) is 0 Å². The molecule has 0 saturated heterocycles. The molecule has 11 heteroatoms. The van der Waals surface area contributed by atoms with Gasteiger partial charge in [-0.3, -0.25) is 9.59 Å². The van der Waals surface area contributed by atoms with Crippen LogP contribution in [0.3, 0.4) is 0 Å². The van der Waals surface area contributed by atoms with E-state index in [1.54, 1.807) is 13.8 Å². The maximum Gasteiger partial charge on any atom is 2.00 e. The second-order valence-electron chi connectivity index (χ2n) is 8.26. The number of benzene rings is 4. The van der Waals surface area contributed by atoms with Crippen molar-refractivity contribution >= 4 is 46.7 Å². The molecule has 0 amide bonds. The minimum atomic E-state index is -0.795. The van der Waals surface area contributed by atoms with Gasteiger partial charge in [-0.05, 0) is 49.2 Å². The fourth-order valence-corrected chi connectivity index (χ4v) is 3.86. The van der Waals surface area contributed by atoms with Crippen LogP contribution in [0.1, 0.15) is 66.4 Å². The first kappa shape index (κ1) is 35.3. The van der Waals surface area contributed by atoms with Gasteiger partial charge < -0.3 is 19.1 Å². The van der Waals surface area contributed by atoms with E-state index in [1.165, 1.54) is 60.7 Å². The molecule has 0 aliphatic rings. The number of hydrogen-bond acceptors (Lipinski definition) is 6. The fourth-order valence-electron chi connectivity index (χ4n) is 3.61. The van der Waals surface area contributed by atoms with Crippen molar-refractivity contribution in [1.82, 2.24) is 0 Å². The Labute approximate surface area is 267 Å². The number of esters is 2. The van der Waals surface area contributed by atoms with Crippen LogP contribution < -0.4 is 0 Å². The summed E-state index contributed by atoms with van der Waals surface area (Å²) in [5.74, 6) is -4.40. The van der Waals surface area contributed by atoms with E-state index in [4.69, 9.17) is 32.7 Å². The number of carbonyl (C=O) groups is 4. The monoisotopic (exact) mass is 665 g/mol. The molecule has 4 rings (SSSR count). The van der Waals surface area contributed by atoms with Crippen LogP contribution in [0.15, 0.2) is 72.8 Å². The second-order valence-corrected chi connectivity index (χ2v) is 9.14. The van der Waals surface area contributed by atoms with Gasteiger partial charge in [0.25, 0.3) is 11.9 Å². The molecule has 221 valence electrons. The third kappa shape index (κ3) is 9.05. The van der Waals surface area contributed by atoms with Crippen LogP contribution in [0, 0.1) is 23.8 Å². The van der Waals surface area contributed by atoms with Crippen LogP contribution in [0.25, 0.3) is 0 Å². The van der Waals surface area contributed by atoms with Gasteiger partial charge in [0.05, 0.1) is 24.8 Å². The summed E-state index contributed by atoms with van der Waals surface area (Å²) in [6.07, 6.45) is 0. The fraction of sp³-hybridized carbons (Fsp3) is 0.125. The number of rotatable bonds is 8. The zero-order chi connectivity index (χ0) is 30.8. The number of halogens is 4. The molecule has 0 N–H and O–H groups in total. The minimum Gasteiger partial charge on any atom is -0.506 e. The molecule has 0 unspecified atom stereocenters. The normalized spacial score (nSPS) is 10.0. The van der Waals surface area contributed by atoms with Crippen LogP contribution in [-0.2, 0) is 26.5 Å². The first-order chi connectivity index (χ1) is 20.1. The maximum absolute atomic E-state index is 14.0. The van der Waals surface area contributed by atoms with Crippen LogP contribution in [0.2, 0.25) is 10.0 Å². The van der Waals surface area contributed by atoms with E-state index >= 15 is 0 Å². The van der Waals surface area contributed by atoms with Crippen molar-refractivity contribution in [2.45, 2.75) is 13.8 Å². The Morgan fingerprint density at radius 1 is 0.628 bits per heavy atom. The molecule has 0 aliphatic heterocycles. The number of hydrogen-bond donors (Lipinski definition) is 0. The molecule has 0 fully saturated rings. The summed E-state index contributed by atoms with van der Waals surface area (Å²) in [6.45, 7) is 3.49. The standard InChI is InChI=1S/2C16H11ClFO3.Mn/c2*1-2-21-16(20)12-4-3-5-13(18)14(12)15(19)10-6-8-11(17)9-7-10;/h2*3,5-9H,2H2,1H3;/q2*-1;+2. The maximum atomic E-state index is 14.0. The van der Waals surface area contributed by atoms with Crippen molar-refractivity contribution in [3.05, 3.63) is 140 Å². The van der Waals surface area contributed by atoms with Gasteiger partial charge in [0, 0.05) is 21.2 Å².